The summed E-state index contributed by atoms with van der Waals surface area (Å²) in [6, 6.07) is 3.47. The topological polar surface area (TPSA) is 86.7 Å². The fraction of sp³-hybridized carbons (Fsp3) is 0.462. The molecule has 2 rings (SSSR count). The minimum atomic E-state index is -0.803. The molecule has 6 nitrogen and oxygen atoms in total. The van der Waals surface area contributed by atoms with Gasteiger partial charge in [0.05, 0.1) is 17.3 Å². The molecule has 0 atom stereocenters. The van der Waals surface area contributed by atoms with Crippen LogP contribution in [0.25, 0.3) is 0 Å². The monoisotopic (exact) mass is 296 g/mol. The van der Waals surface area contributed by atoms with Gasteiger partial charge in [-0.3, -0.25) is 14.4 Å². The highest BCUT2D eigenvalue weighted by atomic mass is 32.1. The second-order valence-electron chi connectivity index (χ2n) is 4.65. The van der Waals surface area contributed by atoms with Crippen molar-refractivity contribution in [3.05, 3.63) is 22.4 Å². The van der Waals surface area contributed by atoms with Crippen LogP contribution in [0, 0.1) is 5.92 Å². The fourth-order valence-corrected chi connectivity index (χ4v) is 2.78. The van der Waals surface area contributed by atoms with Crippen molar-refractivity contribution in [2.24, 2.45) is 5.92 Å². The molecule has 0 radical (unpaired) electrons. The minimum Gasteiger partial charge on any atom is -0.481 e. The van der Waals surface area contributed by atoms with Crippen molar-refractivity contribution in [2.75, 3.05) is 19.6 Å². The van der Waals surface area contributed by atoms with E-state index in [-0.39, 0.29) is 24.3 Å². The van der Waals surface area contributed by atoms with Gasteiger partial charge in [-0.25, -0.2) is 0 Å². The smallest absolute Gasteiger partial charge is 0.306 e. The van der Waals surface area contributed by atoms with Gasteiger partial charge in [0.15, 0.2) is 0 Å². The summed E-state index contributed by atoms with van der Waals surface area (Å²) >= 11 is 1.32. The third-order valence-electron chi connectivity index (χ3n) is 3.34. The molecular weight excluding hydrogens is 280 g/mol. The Hall–Kier alpha value is -1.89. The lowest BCUT2D eigenvalue weighted by Gasteiger charge is -2.30. The van der Waals surface area contributed by atoms with E-state index in [0.29, 0.717) is 30.8 Å². The average Bonchev–Trinajstić information content (AvgIpc) is 2.98. The summed E-state index contributed by atoms with van der Waals surface area (Å²) in [5.41, 5.74) is 0. The first-order valence-corrected chi connectivity index (χ1v) is 7.28. The van der Waals surface area contributed by atoms with Gasteiger partial charge in [0.25, 0.3) is 5.91 Å². The SMILES string of the molecule is O=C(NCC(=O)N1CCC(C(=O)O)CC1)c1cccs1. The predicted molar refractivity (Wildman–Crippen MR) is 73.6 cm³/mol. The van der Waals surface area contributed by atoms with E-state index in [0.717, 1.165) is 0 Å². The first kappa shape index (κ1) is 14.5. The number of carboxylic acids is 1. The van der Waals surface area contributed by atoms with Gasteiger partial charge >= 0.3 is 5.97 Å². The Kier molecular flexibility index (Phi) is 4.73. The van der Waals surface area contributed by atoms with Crippen molar-refractivity contribution in [3.8, 4) is 0 Å². The van der Waals surface area contributed by atoms with E-state index in [1.54, 1.807) is 22.4 Å². The summed E-state index contributed by atoms with van der Waals surface area (Å²) in [7, 11) is 0. The summed E-state index contributed by atoms with van der Waals surface area (Å²) in [6.07, 6.45) is 0.944. The number of piperidine rings is 1. The van der Waals surface area contributed by atoms with Crippen LogP contribution >= 0.6 is 11.3 Å². The van der Waals surface area contributed by atoms with Crippen LogP contribution in [-0.4, -0.2) is 47.4 Å². The number of carboxylic acid groups (broad SMARTS) is 1. The maximum atomic E-state index is 11.9. The number of likely N-dealkylation sites (tertiary alicyclic amines) is 1. The van der Waals surface area contributed by atoms with Crippen molar-refractivity contribution in [1.82, 2.24) is 10.2 Å². The van der Waals surface area contributed by atoms with Crippen LogP contribution in [0.3, 0.4) is 0 Å². The molecule has 1 aliphatic rings. The molecule has 1 aliphatic heterocycles. The molecule has 1 fully saturated rings. The van der Waals surface area contributed by atoms with E-state index in [4.69, 9.17) is 5.11 Å². The van der Waals surface area contributed by atoms with Gasteiger partial charge in [-0.05, 0) is 24.3 Å². The third-order valence-corrected chi connectivity index (χ3v) is 4.21. The van der Waals surface area contributed by atoms with Crippen molar-refractivity contribution < 1.29 is 19.5 Å². The summed E-state index contributed by atoms with van der Waals surface area (Å²) < 4.78 is 0. The average molecular weight is 296 g/mol. The number of thiophene rings is 1. The van der Waals surface area contributed by atoms with Crippen molar-refractivity contribution in [1.29, 1.82) is 0 Å². The molecule has 0 unspecified atom stereocenters. The minimum absolute atomic E-state index is 0.0472. The lowest BCUT2D eigenvalue weighted by Crippen LogP contribution is -2.45. The van der Waals surface area contributed by atoms with E-state index >= 15 is 0 Å². The number of carbonyl (C=O) groups excluding carboxylic acids is 2. The molecule has 7 heteroatoms. The van der Waals surface area contributed by atoms with Crippen LogP contribution in [0.5, 0.6) is 0 Å². The van der Waals surface area contributed by atoms with Gasteiger partial charge in [0.1, 0.15) is 0 Å². The summed E-state index contributed by atoms with van der Waals surface area (Å²) in [6.45, 7) is 0.823. The number of hydrogen-bond donors (Lipinski definition) is 2. The highest BCUT2D eigenvalue weighted by Gasteiger charge is 2.26. The molecule has 1 saturated heterocycles. The first-order chi connectivity index (χ1) is 9.58. The number of hydrogen-bond acceptors (Lipinski definition) is 4. The number of amides is 2. The van der Waals surface area contributed by atoms with E-state index in [2.05, 4.69) is 5.32 Å². The number of carbonyl (C=O) groups is 3. The van der Waals surface area contributed by atoms with Gasteiger partial charge in [-0.2, -0.15) is 0 Å². The molecule has 0 spiro atoms. The molecule has 0 aromatic carbocycles. The van der Waals surface area contributed by atoms with Gasteiger partial charge in [-0.1, -0.05) is 6.07 Å². The van der Waals surface area contributed by atoms with Crippen LogP contribution in [-0.2, 0) is 9.59 Å². The van der Waals surface area contributed by atoms with E-state index in [1.165, 1.54) is 11.3 Å². The molecule has 0 aliphatic carbocycles. The van der Waals surface area contributed by atoms with E-state index < -0.39 is 5.97 Å². The quantitative estimate of drug-likeness (QED) is 0.860. The largest absolute Gasteiger partial charge is 0.481 e. The number of rotatable bonds is 4. The Bertz CT molecular complexity index is 492. The maximum absolute atomic E-state index is 11.9. The second-order valence-corrected chi connectivity index (χ2v) is 5.60. The van der Waals surface area contributed by atoms with Gasteiger partial charge < -0.3 is 15.3 Å². The van der Waals surface area contributed by atoms with Crippen molar-refractivity contribution in [2.45, 2.75) is 12.8 Å². The zero-order chi connectivity index (χ0) is 14.5. The summed E-state index contributed by atoms with van der Waals surface area (Å²) in [5.74, 6) is -1.59. The molecule has 2 N–H and O–H groups in total. The van der Waals surface area contributed by atoms with Crippen LogP contribution in [0.15, 0.2) is 17.5 Å². The normalized spacial score (nSPS) is 15.9. The fourth-order valence-electron chi connectivity index (χ4n) is 2.14. The van der Waals surface area contributed by atoms with Gasteiger partial charge in [0, 0.05) is 13.1 Å². The van der Waals surface area contributed by atoms with Crippen LogP contribution in [0.4, 0.5) is 0 Å². The van der Waals surface area contributed by atoms with Crippen LogP contribution in [0.1, 0.15) is 22.5 Å². The standard InChI is InChI=1S/C13H16N2O4S/c16-11(8-14-12(17)10-2-1-7-20-10)15-5-3-9(4-6-15)13(18)19/h1-2,7,9H,3-6,8H2,(H,14,17)(H,18,19). The third kappa shape index (κ3) is 3.57. The van der Waals surface area contributed by atoms with Gasteiger partial charge in [0.2, 0.25) is 5.91 Å². The van der Waals surface area contributed by atoms with E-state index in [1.807, 2.05) is 0 Å². The Morgan fingerprint density at radius 3 is 2.60 bits per heavy atom. The Morgan fingerprint density at radius 2 is 2.05 bits per heavy atom. The molecule has 0 saturated carbocycles. The zero-order valence-corrected chi connectivity index (χ0v) is 11.7. The lowest BCUT2D eigenvalue weighted by molar-refractivity contribution is -0.145. The van der Waals surface area contributed by atoms with Crippen molar-refractivity contribution in [3.63, 3.8) is 0 Å². The Labute approximate surface area is 120 Å². The highest BCUT2D eigenvalue weighted by Crippen LogP contribution is 2.17. The molecule has 2 heterocycles. The Balaban J connectivity index is 1.76. The molecule has 0 bridgehead atoms. The molecule has 20 heavy (non-hydrogen) atoms. The molecule has 1 aromatic heterocycles. The zero-order valence-electron chi connectivity index (χ0n) is 10.9. The molecule has 108 valence electrons. The van der Waals surface area contributed by atoms with E-state index in [9.17, 15) is 14.4 Å². The number of nitrogens with one attached hydrogen (secondary N) is 1. The Morgan fingerprint density at radius 1 is 1.35 bits per heavy atom. The summed E-state index contributed by atoms with van der Waals surface area (Å²) in [4.78, 5) is 36.6. The molecule has 2 amide bonds. The first-order valence-electron chi connectivity index (χ1n) is 6.40. The van der Waals surface area contributed by atoms with Crippen molar-refractivity contribution >= 4 is 29.1 Å². The molecule has 1 aromatic rings. The van der Waals surface area contributed by atoms with Crippen LogP contribution < -0.4 is 5.32 Å². The number of nitrogens with zero attached hydrogens (tertiary/aromatic N) is 1. The number of aliphatic carboxylic acids is 1. The van der Waals surface area contributed by atoms with Crippen LogP contribution in [0.2, 0.25) is 0 Å². The second kappa shape index (κ2) is 6.51. The maximum Gasteiger partial charge on any atom is 0.306 e. The predicted octanol–water partition coefficient (Wildman–Crippen LogP) is 0.801. The lowest BCUT2D eigenvalue weighted by atomic mass is 9.97. The molecular formula is C13H16N2O4S. The highest BCUT2D eigenvalue weighted by molar-refractivity contribution is 7.12. The summed E-state index contributed by atoms with van der Waals surface area (Å²) in [5, 5.41) is 13.3. The van der Waals surface area contributed by atoms with Gasteiger partial charge in [-0.15, -0.1) is 11.3 Å².